The second-order valence-electron chi connectivity index (χ2n) is 8.71. The highest BCUT2D eigenvalue weighted by Gasteiger charge is 2.41. The monoisotopic (exact) mass is 382 g/mol. The van der Waals surface area contributed by atoms with Gasteiger partial charge >= 0.3 is 0 Å². The summed E-state index contributed by atoms with van der Waals surface area (Å²) in [5.41, 5.74) is 2.89. The quantitative estimate of drug-likeness (QED) is 0.744. The Hall–Kier alpha value is -2.25. The molecule has 3 fully saturated rings. The summed E-state index contributed by atoms with van der Waals surface area (Å²) < 4.78 is 0. The molecule has 148 valence electrons. The third-order valence-electron chi connectivity index (χ3n) is 6.91. The summed E-state index contributed by atoms with van der Waals surface area (Å²) in [6.45, 7) is 6.98. The SMILES string of the molecule is CC1NCC2CN(Cc3ccc4c(c3)CN(C3CCC(=O)NC3=O)C4=O)CC21. The lowest BCUT2D eigenvalue weighted by atomic mass is 9.95. The predicted octanol–water partition coefficient (Wildman–Crippen LogP) is 0.487. The molecule has 4 unspecified atom stereocenters. The first-order valence-corrected chi connectivity index (χ1v) is 10.2. The highest BCUT2D eigenvalue weighted by molar-refractivity contribution is 6.05. The van der Waals surface area contributed by atoms with Crippen LogP contribution in [0.4, 0.5) is 0 Å². The normalized spacial score (nSPS) is 32.6. The first-order chi connectivity index (χ1) is 13.5. The van der Waals surface area contributed by atoms with Crippen LogP contribution < -0.4 is 10.6 Å². The average molecular weight is 382 g/mol. The van der Waals surface area contributed by atoms with Crippen molar-refractivity contribution in [1.29, 1.82) is 0 Å². The number of hydrogen-bond acceptors (Lipinski definition) is 5. The smallest absolute Gasteiger partial charge is 0.255 e. The van der Waals surface area contributed by atoms with E-state index in [0.717, 1.165) is 43.6 Å². The first-order valence-electron chi connectivity index (χ1n) is 10.2. The Morgan fingerprint density at radius 1 is 1.18 bits per heavy atom. The second kappa shape index (κ2) is 6.67. The van der Waals surface area contributed by atoms with Crippen molar-refractivity contribution in [3.8, 4) is 0 Å². The number of nitrogens with one attached hydrogen (secondary N) is 2. The fourth-order valence-corrected chi connectivity index (χ4v) is 5.37. The van der Waals surface area contributed by atoms with Gasteiger partial charge < -0.3 is 10.2 Å². The maximum atomic E-state index is 12.8. The van der Waals surface area contributed by atoms with Crippen LogP contribution in [0.3, 0.4) is 0 Å². The van der Waals surface area contributed by atoms with Gasteiger partial charge in [0, 0.05) is 44.2 Å². The molecule has 4 aliphatic rings. The van der Waals surface area contributed by atoms with Crippen LogP contribution in [0.25, 0.3) is 0 Å². The summed E-state index contributed by atoms with van der Waals surface area (Å²) in [6.07, 6.45) is 0.687. The highest BCUT2D eigenvalue weighted by Crippen LogP contribution is 2.32. The number of benzene rings is 1. The van der Waals surface area contributed by atoms with Gasteiger partial charge in [-0.15, -0.1) is 0 Å². The summed E-state index contributed by atoms with van der Waals surface area (Å²) in [6, 6.07) is 6.11. The molecular weight excluding hydrogens is 356 g/mol. The molecule has 1 aromatic rings. The van der Waals surface area contributed by atoms with Crippen LogP contribution in [-0.2, 0) is 22.7 Å². The second-order valence-corrected chi connectivity index (χ2v) is 8.71. The zero-order chi connectivity index (χ0) is 19.4. The molecule has 0 spiro atoms. The lowest BCUT2D eigenvalue weighted by Gasteiger charge is -2.29. The van der Waals surface area contributed by atoms with Crippen LogP contribution in [0.5, 0.6) is 0 Å². The van der Waals surface area contributed by atoms with Crippen molar-refractivity contribution >= 4 is 17.7 Å². The minimum atomic E-state index is -0.548. The van der Waals surface area contributed by atoms with Gasteiger partial charge in [0.05, 0.1) is 0 Å². The maximum absolute atomic E-state index is 12.8. The fraction of sp³-hybridized carbons (Fsp3) is 0.571. The molecular formula is C21H26N4O3. The zero-order valence-electron chi connectivity index (χ0n) is 16.1. The molecule has 1 aromatic carbocycles. The summed E-state index contributed by atoms with van der Waals surface area (Å²) in [7, 11) is 0. The number of hydrogen-bond donors (Lipinski definition) is 2. The lowest BCUT2D eigenvalue weighted by Crippen LogP contribution is -2.52. The van der Waals surface area contributed by atoms with Gasteiger partial charge in [0.25, 0.3) is 5.91 Å². The van der Waals surface area contributed by atoms with E-state index in [4.69, 9.17) is 0 Å². The Labute approximate surface area is 164 Å². The van der Waals surface area contributed by atoms with E-state index >= 15 is 0 Å². The van der Waals surface area contributed by atoms with Crippen molar-refractivity contribution in [2.45, 2.75) is 44.9 Å². The van der Waals surface area contributed by atoms with E-state index in [-0.39, 0.29) is 24.1 Å². The number of nitrogens with zero attached hydrogens (tertiary/aromatic N) is 2. The van der Waals surface area contributed by atoms with Crippen LogP contribution in [0, 0.1) is 11.8 Å². The molecule has 3 amide bonds. The van der Waals surface area contributed by atoms with Crippen molar-refractivity contribution in [3.05, 3.63) is 34.9 Å². The highest BCUT2D eigenvalue weighted by atomic mass is 16.2. The summed E-state index contributed by atoms with van der Waals surface area (Å²) in [5.74, 6) is 0.760. The summed E-state index contributed by atoms with van der Waals surface area (Å²) in [4.78, 5) is 40.5. The number of amides is 3. The standard InChI is InChI=1S/C21H26N4O3/c1-12-17-11-24(9-15(17)7-22-12)8-13-2-3-16-14(6-13)10-25(21(16)28)18-4-5-19(26)23-20(18)27/h2-3,6,12,15,17-18,22H,4-5,7-11H2,1H3,(H,23,26,27). The fourth-order valence-electron chi connectivity index (χ4n) is 5.37. The van der Waals surface area contributed by atoms with Gasteiger partial charge in [-0.2, -0.15) is 0 Å². The molecule has 0 radical (unpaired) electrons. The molecule has 4 heterocycles. The molecule has 0 aliphatic carbocycles. The van der Waals surface area contributed by atoms with E-state index in [9.17, 15) is 14.4 Å². The molecule has 4 atom stereocenters. The van der Waals surface area contributed by atoms with Gasteiger partial charge in [0.2, 0.25) is 11.8 Å². The molecule has 5 rings (SSSR count). The zero-order valence-corrected chi connectivity index (χ0v) is 16.1. The van der Waals surface area contributed by atoms with Crippen molar-refractivity contribution < 1.29 is 14.4 Å². The largest absolute Gasteiger partial charge is 0.322 e. The minimum absolute atomic E-state index is 0.105. The van der Waals surface area contributed by atoms with Gasteiger partial charge in [-0.25, -0.2) is 0 Å². The molecule has 7 heteroatoms. The average Bonchev–Trinajstić information content (AvgIpc) is 3.30. The van der Waals surface area contributed by atoms with Crippen LogP contribution in [0.1, 0.15) is 41.3 Å². The maximum Gasteiger partial charge on any atom is 0.255 e. The van der Waals surface area contributed by atoms with Gasteiger partial charge in [0.15, 0.2) is 0 Å². The van der Waals surface area contributed by atoms with Crippen LogP contribution >= 0.6 is 0 Å². The van der Waals surface area contributed by atoms with Crippen LogP contribution in [0.15, 0.2) is 18.2 Å². The van der Waals surface area contributed by atoms with E-state index in [1.165, 1.54) is 5.56 Å². The Bertz CT molecular complexity index is 854. The Kier molecular flexibility index (Phi) is 4.25. The van der Waals surface area contributed by atoms with Crippen molar-refractivity contribution in [3.63, 3.8) is 0 Å². The number of carbonyl (C=O) groups excluding carboxylic acids is 3. The van der Waals surface area contributed by atoms with Crippen molar-refractivity contribution in [1.82, 2.24) is 20.4 Å². The van der Waals surface area contributed by atoms with Crippen LogP contribution in [-0.4, -0.2) is 59.2 Å². The lowest BCUT2D eigenvalue weighted by molar-refractivity contribution is -0.136. The molecule has 4 aliphatic heterocycles. The van der Waals surface area contributed by atoms with Gasteiger partial charge in [-0.1, -0.05) is 12.1 Å². The topological polar surface area (TPSA) is 81.8 Å². The Morgan fingerprint density at radius 2 is 2.04 bits per heavy atom. The van der Waals surface area contributed by atoms with E-state index in [1.807, 2.05) is 12.1 Å². The number of imide groups is 1. The Balaban J connectivity index is 1.28. The number of carbonyl (C=O) groups is 3. The van der Waals surface area contributed by atoms with E-state index in [1.54, 1.807) is 4.90 Å². The molecule has 0 aromatic heterocycles. The summed E-state index contributed by atoms with van der Waals surface area (Å²) >= 11 is 0. The third-order valence-corrected chi connectivity index (χ3v) is 6.91. The molecule has 2 N–H and O–H groups in total. The van der Waals surface area contributed by atoms with Gasteiger partial charge in [-0.3, -0.25) is 24.6 Å². The van der Waals surface area contributed by atoms with Crippen LogP contribution in [0.2, 0.25) is 0 Å². The molecule has 0 saturated carbocycles. The molecule has 28 heavy (non-hydrogen) atoms. The number of likely N-dealkylation sites (tertiary alicyclic amines) is 1. The van der Waals surface area contributed by atoms with E-state index < -0.39 is 6.04 Å². The number of rotatable bonds is 3. The van der Waals surface area contributed by atoms with Crippen molar-refractivity contribution in [2.24, 2.45) is 11.8 Å². The first kappa shape index (κ1) is 17.8. The third kappa shape index (κ3) is 2.93. The number of piperidine rings is 1. The van der Waals surface area contributed by atoms with Gasteiger partial charge in [-0.05, 0) is 48.9 Å². The van der Waals surface area contributed by atoms with Gasteiger partial charge in [0.1, 0.15) is 6.04 Å². The van der Waals surface area contributed by atoms with E-state index in [2.05, 4.69) is 28.5 Å². The molecule has 3 saturated heterocycles. The summed E-state index contributed by atoms with van der Waals surface area (Å²) in [5, 5.41) is 5.92. The molecule has 0 bridgehead atoms. The predicted molar refractivity (Wildman–Crippen MR) is 102 cm³/mol. The minimum Gasteiger partial charge on any atom is -0.322 e. The Morgan fingerprint density at radius 3 is 2.82 bits per heavy atom. The molecule has 7 nitrogen and oxygen atoms in total. The van der Waals surface area contributed by atoms with Crippen molar-refractivity contribution in [2.75, 3.05) is 19.6 Å². The number of fused-ring (bicyclic) bond motifs is 2. The van der Waals surface area contributed by atoms with E-state index in [0.29, 0.717) is 24.6 Å².